The summed E-state index contributed by atoms with van der Waals surface area (Å²) in [5, 5.41) is 2.63. The number of halogens is 1. The van der Waals surface area contributed by atoms with Crippen molar-refractivity contribution < 1.29 is 18.7 Å². The third-order valence-electron chi connectivity index (χ3n) is 5.33. The zero-order valence-electron chi connectivity index (χ0n) is 20.1. The van der Waals surface area contributed by atoms with Gasteiger partial charge in [-0.1, -0.05) is 43.9 Å². The lowest BCUT2D eigenvalue weighted by molar-refractivity contribution is -0.118. The van der Waals surface area contributed by atoms with E-state index in [0.717, 1.165) is 28.2 Å². The number of fused-ring (bicyclic) bond motifs is 1. The molecule has 0 bridgehead atoms. The van der Waals surface area contributed by atoms with Gasteiger partial charge in [0.15, 0.2) is 18.2 Å². The number of para-hydroxylation sites is 1. The van der Waals surface area contributed by atoms with E-state index in [9.17, 15) is 9.18 Å². The maximum Gasteiger partial charge on any atom is 0.262 e. The van der Waals surface area contributed by atoms with Crippen molar-refractivity contribution in [2.45, 2.75) is 13.8 Å². The summed E-state index contributed by atoms with van der Waals surface area (Å²) < 4.78 is 26.9. The highest BCUT2D eigenvalue weighted by Crippen LogP contribution is 2.35. The molecule has 0 unspecified atom stereocenters. The minimum Gasteiger partial charge on any atom is -0.484 e. The molecule has 4 aromatic rings. The number of benzene rings is 2. The van der Waals surface area contributed by atoms with Crippen LogP contribution >= 0.6 is 11.3 Å². The molecule has 0 saturated heterocycles. The molecule has 0 atom stereocenters. The number of carbonyl (C=O) groups is 1. The Morgan fingerprint density at radius 1 is 1.08 bits per heavy atom. The molecule has 1 amide bonds. The monoisotopic (exact) mass is 503 g/mol. The molecule has 0 spiro atoms. The van der Waals surface area contributed by atoms with Crippen LogP contribution in [0.1, 0.15) is 18.7 Å². The summed E-state index contributed by atoms with van der Waals surface area (Å²) in [6, 6.07) is 16.9. The van der Waals surface area contributed by atoms with Crippen LogP contribution in [0.15, 0.2) is 66.9 Å². The molecule has 4 rings (SSSR count). The number of ether oxygens (including phenoxy) is 2. The molecule has 0 radical (unpaired) electrons. The molecule has 6 nitrogen and oxygen atoms in total. The molecule has 2 aromatic carbocycles. The standard InChI is InChI=1S/C28H26FN3O3S/c1-3-32(4-2)16-8-11-22-18-24-28(36-22)26(14-15-30-24)35-25-13-12-20(17-23(25)29)31-27(33)19-34-21-9-6-5-7-10-21/h5-7,9-10,12-15,17-18H,3-4,16,19H2,1-2H3,(H,31,33). The molecule has 36 heavy (non-hydrogen) atoms. The van der Waals surface area contributed by atoms with Crippen LogP contribution in [0, 0.1) is 17.7 Å². The van der Waals surface area contributed by atoms with E-state index in [0.29, 0.717) is 23.7 Å². The summed E-state index contributed by atoms with van der Waals surface area (Å²) in [6.07, 6.45) is 1.62. The van der Waals surface area contributed by atoms with Crippen LogP contribution in [0.3, 0.4) is 0 Å². The van der Waals surface area contributed by atoms with Gasteiger partial charge in [-0.15, -0.1) is 11.3 Å². The maximum absolute atomic E-state index is 14.8. The quantitative estimate of drug-likeness (QED) is 0.287. The predicted octanol–water partition coefficient (Wildman–Crippen LogP) is 5.94. The summed E-state index contributed by atoms with van der Waals surface area (Å²) >= 11 is 1.46. The molecule has 1 N–H and O–H groups in total. The van der Waals surface area contributed by atoms with Gasteiger partial charge in [0.25, 0.3) is 5.91 Å². The highest BCUT2D eigenvalue weighted by molar-refractivity contribution is 7.19. The molecule has 0 aliphatic heterocycles. The van der Waals surface area contributed by atoms with Crippen molar-refractivity contribution in [3.05, 3.63) is 77.6 Å². The van der Waals surface area contributed by atoms with Crippen molar-refractivity contribution >= 4 is 33.1 Å². The minimum absolute atomic E-state index is 0.0450. The SMILES string of the molecule is CCN(CC)CC#Cc1cc2nccc(Oc3ccc(NC(=O)COc4ccccc4)cc3F)c2s1. The Hall–Kier alpha value is -3.93. The minimum atomic E-state index is -0.600. The zero-order valence-corrected chi connectivity index (χ0v) is 20.9. The van der Waals surface area contributed by atoms with Crippen molar-refractivity contribution in [3.63, 3.8) is 0 Å². The molecule has 0 fully saturated rings. The fourth-order valence-corrected chi connectivity index (χ4v) is 4.33. The fourth-order valence-electron chi connectivity index (χ4n) is 3.38. The number of nitrogens with zero attached hydrogens (tertiary/aromatic N) is 2. The van der Waals surface area contributed by atoms with Gasteiger partial charge in [0.05, 0.1) is 21.6 Å². The van der Waals surface area contributed by atoms with Gasteiger partial charge in [-0.3, -0.25) is 14.7 Å². The lowest BCUT2D eigenvalue weighted by Gasteiger charge is -2.12. The van der Waals surface area contributed by atoms with Crippen LogP contribution in [0.5, 0.6) is 17.2 Å². The smallest absolute Gasteiger partial charge is 0.262 e. The number of nitrogens with one attached hydrogen (secondary N) is 1. The first-order valence-corrected chi connectivity index (χ1v) is 12.4. The highest BCUT2D eigenvalue weighted by Gasteiger charge is 2.13. The summed E-state index contributed by atoms with van der Waals surface area (Å²) in [6.45, 7) is 6.64. The molecule has 8 heteroatoms. The van der Waals surface area contributed by atoms with E-state index in [-0.39, 0.29) is 12.4 Å². The van der Waals surface area contributed by atoms with Crippen LogP contribution in [0.2, 0.25) is 0 Å². The van der Waals surface area contributed by atoms with E-state index in [4.69, 9.17) is 9.47 Å². The number of rotatable bonds is 9. The van der Waals surface area contributed by atoms with Crippen molar-refractivity contribution in [1.82, 2.24) is 9.88 Å². The van der Waals surface area contributed by atoms with Crippen molar-refractivity contribution in [1.29, 1.82) is 0 Å². The van der Waals surface area contributed by atoms with Gasteiger partial charge >= 0.3 is 0 Å². The second-order valence-corrected chi connectivity index (χ2v) is 8.85. The third kappa shape index (κ3) is 6.60. The zero-order chi connectivity index (χ0) is 25.3. The summed E-state index contributed by atoms with van der Waals surface area (Å²) in [7, 11) is 0. The van der Waals surface area contributed by atoms with Gasteiger partial charge in [0.2, 0.25) is 0 Å². The molecular weight excluding hydrogens is 477 g/mol. The van der Waals surface area contributed by atoms with Gasteiger partial charge in [0, 0.05) is 24.0 Å². The van der Waals surface area contributed by atoms with E-state index in [1.807, 2.05) is 24.3 Å². The average molecular weight is 504 g/mol. The molecule has 2 heterocycles. The average Bonchev–Trinajstić information content (AvgIpc) is 3.31. The Balaban J connectivity index is 1.42. The number of pyridine rings is 1. The summed E-state index contributed by atoms with van der Waals surface area (Å²) in [4.78, 5) is 19.7. The van der Waals surface area contributed by atoms with Crippen LogP contribution < -0.4 is 14.8 Å². The second-order valence-electron chi connectivity index (χ2n) is 7.79. The molecule has 2 aromatic heterocycles. The molecule has 184 valence electrons. The van der Waals surface area contributed by atoms with Crippen molar-refractivity contribution in [2.75, 3.05) is 31.6 Å². The molecule has 0 aliphatic rings. The summed E-state index contributed by atoms with van der Waals surface area (Å²) in [5.41, 5.74) is 1.05. The first-order chi connectivity index (χ1) is 17.6. The largest absolute Gasteiger partial charge is 0.484 e. The number of carbonyl (C=O) groups excluding carboxylic acids is 1. The Morgan fingerprint density at radius 3 is 2.64 bits per heavy atom. The summed E-state index contributed by atoms with van der Waals surface area (Å²) in [5.74, 6) is 6.51. The van der Waals surface area contributed by atoms with Crippen molar-refractivity contribution in [2.24, 2.45) is 0 Å². The van der Waals surface area contributed by atoms with Crippen LogP contribution in [0.4, 0.5) is 10.1 Å². The Morgan fingerprint density at radius 2 is 1.89 bits per heavy atom. The highest BCUT2D eigenvalue weighted by atomic mass is 32.1. The Labute approximate surface area is 213 Å². The number of aromatic nitrogens is 1. The van der Waals surface area contributed by atoms with E-state index >= 15 is 0 Å². The lowest BCUT2D eigenvalue weighted by Crippen LogP contribution is -2.22. The number of amides is 1. The first-order valence-electron chi connectivity index (χ1n) is 11.6. The number of hydrogen-bond donors (Lipinski definition) is 1. The third-order valence-corrected chi connectivity index (χ3v) is 6.39. The number of thiophene rings is 1. The van der Waals surface area contributed by atoms with Gasteiger partial charge in [-0.2, -0.15) is 0 Å². The fraction of sp³-hybridized carbons (Fsp3) is 0.214. The van der Waals surface area contributed by atoms with Gasteiger partial charge in [0.1, 0.15) is 11.5 Å². The van der Waals surface area contributed by atoms with E-state index in [2.05, 4.69) is 40.9 Å². The Kier molecular flexibility index (Phi) is 8.50. The number of anilines is 1. The predicted molar refractivity (Wildman–Crippen MR) is 141 cm³/mol. The van der Waals surface area contributed by atoms with Crippen molar-refractivity contribution in [3.8, 4) is 29.1 Å². The lowest BCUT2D eigenvalue weighted by atomic mass is 10.2. The molecule has 0 saturated carbocycles. The molecule has 0 aliphatic carbocycles. The topological polar surface area (TPSA) is 63.7 Å². The van der Waals surface area contributed by atoms with Gasteiger partial charge < -0.3 is 14.8 Å². The Bertz CT molecular complexity index is 1390. The van der Waals surface area contributed by atoms with E-state index < -0.39 is 11.7 Å². The van der Waals surface area contributed by atoms with Crippen LogP contribution in [0.25, 0.3) is 10.2 Å². The van der Waals surface area contributed by atoms with Crippen LogP contribution in [-0.2, 0) is 4.79 Å². The van der Waals surface area contributed by atoms with E-state index in [1.54, 1.807) is 30.5 Å². The molecular formula is C28H26FN3O3S. The van der Waals surface area contributed by atoms with E-state index in [1.165, 1.54) is 23.5 Å². The first kappa shape index (κ1) is 25.2. The normalized spacial score (nSPS) is 10.7. The maximum atomic E-state index is 14.8. The second kappa shape index (κ2) is 12.2. The van der Waals surface area contributed by atoms with Crippen LogP contribution in [-0.4, -0.2) is 42.0 Å². The van der Waals surface area contributed by atoms with Gasteiger partial charge in [-0.25, -0.2) is 4.39 Å². The van der Waals surface area contributed by atoms with Gasteiger partial charge in [-0.05, 0) is 43.4 Å². The number of hydrogen-bond acceptors (Lipinski definition) is 6.